The zero-order chi connectivity index (χ0) is 16.3. The van der Waals surface area contributed by atoms with E-state index in [-0.39, 0.29) is 11.5 Å². The summed E-state index contributed by atoms with van der Waals surface area (Å²) in [6.45, 7) is 6.61. The monoisotopic (exact) mass is 302 g/mol. The molecule has 6 nitrogen and oxygen atoms in total. The summed E-state index contributed by atoms with van der Waals surface area (Å²) in [5.74, 6) is -0.213. The van der Waals surface area contributed by atoms with Crippen molar-refractivity contribution < 1.29 is 14.0 Å². The third-order valence-corrected chi connectivity index (χ3v) is 3.43. The molecule has 1 N–H and O–H groups in total. The Morgan fingerprint density at radius 2 is 2.00 bits per heavy atom. The molecule has 0 saturated heterocycles. The fraction of sp³-hybridized carbons (Fsp3) is 0.312. The molecule has 0 aliphatic carbocycles. The van der Waals surface area contributed by atoms with Gasteiger partial charge in [0.25, 0.3) is 0 Å². The number of anilines is 2. The lowest BCUT2D eigenvalue weighted by Crippen LogP contribution is -2.26. The van der Waals surface area contributed by atoms with Crippen molar-refractivity contribution in [1.82, 2.24) is 0 Å². The molecule has 1 aromatic heterocycles. The summed E-state index contributed by atoms with van der Waals surface area (Å²) < 4.78 is 5.22. The number of nitrogens with zero attached hydrogens (tertiary/aromatic N) is 1. The summed E-state index contributed by atoms with van der Waals surface area (Å²) in [6, 6.07) is 5.04. The lowest BCUT2D eigenvalue weighted by molar-refractivity contribution is -0.114. The molecule has 116 valence electrons. The average Bonchev–Trinajstić information content (AvgIpc) is 2.47. The molecule has 1 amide bonds. The molecule has 0 aliphatic rings. The van der Waals surface area contributed by atoms with Crippen molar-refractivity contribution in [1.29, 1.82) is 0 Å². The van der Waals surface area contributed by atoms with Gasteiger partial charge in [0.05, 0.1) is 5.69 Å². The van der Waals surface area contributed by atoms with Crippen LogP contribution < -0.4 is 15.8 Å². The van der Waals surface area contributed by atoms with Crippen molar-refractivity contribution in [2.24, 2.45) is 0 Å². The van der Waals surface area contributed by atoms with Gasteiger partial charge in [-0.25, -0.2) is 4.79 Å². The van der Waals surface area contributed by atoms with Gasteiger partial charge in [-0.15, -0.1) is 0 Å². The van der Waals surface area contributed by atoms with Crippen LogP contribution in [-0.4, -0.2) is 25.3 Å². The number of hydrogen-bond donors (Lipinski definition) is 1. The Bertz CT molecular complexity index is 776. The highest BCUT2D eigenvalue weighted by atomic mass is 16.4. The molecule has 0 radical (unpaired) electrons. The van der Waals surface area contributed by atoms with E-state index in [9.17, 15) is 14.4 Å². The van der Waals surface area contributed by atoms with E-state index < -0.39 is 5.63 Å². The van der Waals surface area contributed by atoms with Gasteiger partial charge in [0, 0.05) is 37.2 Å². The molecule has 0 saturated carbocycles. The molecule has 2 rings (SSSR count). The largest absolute Gasteiger partial charge is 0.422 e. The standard InChI is InChI=1S/C16H18N2O4/c1-4-18(5-2)15-12-7-6-11(17-10(3)20)8-14(12)22-16(21)13(15)9-19/h6-9H,4-5H2,1-3H3,(H,17,20). The quantitative estimate of drug-likeness (QED) is 0.677. The van der Waals surface area contributed by atoms with Crippen LogP contribution in [0.25, 0.3) is 11.0 Å². The van der Waals surface area contributed by atoms with E-state index in [1.807, 2.05) is 18.7 Å². The average molecular weight is 302 g/mol. The Morgan fingerprint density at radius 1 is 1.32 bits per heavy atom. The van der Waals surface area contributed by atoms with E-state index in [4.69, 9.17) is 4.42 Å². The molecule has 0 atom stereocenters. The van der Waals surface area contributed by atoms with E-state index in [1.165, 1.54) is 6.92 Å². The molecule has 1 heterocycles. The van der Waals surface area contributed by atoms with Crippen molar-refractivity contribution in [3.8, 4) is 0 Å². The van der Waals surface area contributed by atoms with Crippen LogP contribution in [0, 0.1) is 0 Å². The normalized spacial score (nSPS) is 10.5. The molecule has 0 spiro atoms. The van der Waals surface area contributed by atoms with Crippen LogP contribution in [0.2, 0.25) is 0 Å². The van der Waals surface area contributed by atoms with Crippen molar-refractivity contribution in [3.05, 3.63) is 34.2 Å². The molecule has 0 aliphatic heterocycles. The van der Waals surface area contributed by atoms with Crippen LogP contribution in [0.15, 0.2) is 27.4 Å². The Labute approximate surface area is 127 Å². The summed E-state index contributed by atoms with van der Waals surface area (Å²) in [7, 11) is 0. The van der Waals surface area contributed by atoms with E-state index in [1.54, 1.807) is 18.2 Å². The van der Waals surface area contributed by atoms with Crippen molar-refractivity contribution in [3.63, 3.8) is 0 Å². The Balaban J connectivity index is 2.76. The van der Waals surface area contributed by atoms with Gasteiger partial charge in [0.2, 0.25) is 5.91 Å². The second-order valence-electron chi connectivity index (χ2n) is 4.83. The van der Waals surface area contributed by atoms with Gasteiger partial charge in [-0.05, 0) is 26.0 Å². The third kappa shape index (κ3) is 2.86. The number of hydrogen-bond acceptors (Lipinski definition) is 5. The summed E-state index contributed by atoms with van der Waals surface area (Å²) in [4.78, 5) is 36.4. The molecule has 0 bridgehead atoms. The molecule has 1 aromatic carbocycles. The van der Waals surface area contributed by atoms with Gasteiger partial charge < -0.3 is 14.6 Å². The van der Waals surface area contributed by atoms with Gasteiger partial charge >= 0.3 is 5.63 Å². The summed E-state index contributed by atoms with van der Waals surface area (Å²) in [5, 5.41) is 3.30. The van der Waals surface area contributed by atoms with Crippen LogP contribution in [0.4, 0.5) is 11.4 Å². The first-order valence-electron chi connectivity index (χ1n) is 7.10. The van der Waals surface area contributed by atoms with Gasteiger partial charge in [0.15, 0.2) is 6.29 Å². The van der Waals surface area contributed by atoms with Crippen molar-refractivity contribution in [2.45, 2.75) is 20.8 Å². The highest BCUT2D eigenvalue weighted by Crippen LogP contribution is 2.30. The SMILES string of the molecule is CCN(CC)c1c(C=O)c(=O)oc2cc(NC(C)=O)ccc12. The van der Waals surface area contributed by atoms with Crippen LogP contribution in [-0.2, 0) is 4.79 Å². The number of benzene rings is 1. The van der Waals surface area contributed by atoms with Gasteiger partial charge in [-0.3, -0.25) is 9.59 Å². The minimum atomic E-state index is -0.677. The van der Waals surface area contributed by atoms with Crippen LogP contribution in [0.1, 0.15) is 31.1 Å². The predicted molar refractivity (Wildman–Crippen MR) is 85.7 cm³/mol. The molecular formula is C16H18N2O4. The lowest BCUT2D eigenvalue weighted by Gasteiger charge is -2.23. The Hall–Kier alpha value is -2.63. The fourth-order valence-corrected chi connectivity index (χ4v) is 2.46. The topological polar surface area (TPSA) is 79.6 Å². The van der Waals surface area contributed by atoms with Gasteiger partial charge in [-0.2, -0.15) is 0 Å². The molecule has 0 unspecified atom stereocenters. The van der Waals surface area contributed by atoms with Crippen molar-refractivity contribution in [2.75, 3.05) is 23.3 Å². The number of fused-ring (bicyclic) bond motifs is 1. The zero-order valence-corrected chi connectivity index (χ0v) is 12.8. The van der Waals surface area contributed by atoms with Crippen molar-refractivity contribution >= 4 is 34.5 Å². The smallest absolute Gasteiger partial charge is 0.349 e. The number of rotatable bonds is 5. The molecular weight excluding hydrogens is 284 g/mol. The third-order valence-electron chi connectivity index (χ3n) is 3.43. The van der Waals surface area contributed by atoms with E-state index in [0.717, 1.165) is 0 Å². The Morgan fingerprint density at radius 3 is 2.55 bits per heavy atom. The summed E-state index contributed by atoms with van der Waals surface area (Å²) >= 11 is 0. The van der Waals surface area contributed by atoms with E-state index >= 15 is 0 Å². The molecule has 22 heavy (non-hydrogen) atoms. The first-order chi connectivity index (χ1) is 10.5. The van der Waals surface area contributed by atoms with Gasteiger partial charge in [0.1, 0.15) is 11.1 Å². The maximum absolute atomic E-state index is 12.0. The van der Waals surface area contributed by atoms with Crippen LogP contribution in [0.3, 0.4) is 0 Å². The number of carbonyl (C=O) groups excluding carboxylic acids is 2. The van der Waals surface area contributed by atoms with Crippen LogP contribution >= 0.6 is 0 Å². The molecule has 6 heteroatoms. The number of aldehydes is 1. The number of amides is 1. The Kier molecular flexibility index (Phi) is 4.60. The summed E-state index contributed by atoms with van der Waals surface area (Å²) in [6.07, 6.45) is 0.528. The fourth-order valence-electron chi connectivity index (χ4n) is 2.46. The highest BCUT2D eigenvalue weighted by Gasteiger charge is 2.18. The number of carbonyl (C=O) groups is 2. The highest BCUT2D eigenvalue weighted by molar-refractivity contribution is 6.01. The molecule has 2 aromatic rings. The van der Waals surface area contributed by atoms with E-state index in [2.05, 4.69) is 5.32 Å². The van der Waals surface area contributed by atoms with Crippen LogP contribution in [0.5, 0.6) is 0 Å². The maximum Gasteiger partial charge on any atom is 0.349 e. The second kappa shape index (κ2) is 6.43. The minimum Gasteiger partial charge on any atom is -0.422 e. The maximum atomic E-state index is 12.0. The lowest BCUT2D eigenvalue weighted by atomic mass is 10.1. The summed E-state index contributed by atoms with van der Waals surface area (Å²) in [5.41, 5.74) is 0.782. The van der Waals surface area contributed by atoms with E-state index in [0.29, 0.717) is 41.7 Å². The predicted octanol–water partition coefficient (Wildman–Crippen LogP) is 2.41. The first-order valence-corrected chi connectivity index (χ1v) is 7.10. The van der Waals surface area contributed by atoms with Gasteiger partial charge in [-0.1, -0.05) is 0 Å². The number of nitrogens with one attached hydrogen (secondary N) is 1. The minimum absolute atomic E-state index is 0.0171. The first kappa shape index (κ1) is 15.8. The molecule has 0 fully saturated rings. The zero-order valence-electron chi connectivity index (χ0n) is 12.8. The second-order valence-corrected chi connectivity index (χ2v) is 4.83.